The van der Waals surface area contributed by atoms with Crippen LogP contribution in [0, 0.1) is 0 Å². The summed E-state index contributed by atoms with van der Waals surface area (Å²) in [4.78, 5) is 46.5. The van der Waals surface area contributed by atoms with Crippen LogP contribution < -0.4 is 16.0 Å². The van der Waals surface area contributed by atoms with Crippen LogP contribution in [0.1, 0.15) is 19.8 Å². The Balaban J connectivity index is 1.69. The number of carbonyl (C=O) groups excluding carboxylic acids is 4. The summed E-state index contributed by atoms with van der Waals surface area (Å²) in [6.07, 6.45) is -0.274. The molecule has 8 nitrogen and oxygen atoms in total. The molecule has 10 heteroatoms. The summed E-state index contributed by atoms with van der Waals surface area (Å²) in [6, 6.07) is 11.4. The Bertz CT molecular complexity index is 950. The quantitative estimate of drug-likeness (QED) is 0.479. The third kappa shape index (κ3) is 8.22. The van der Waals surface area contributed by atoms with Gasteiger partial charge in [-0.3, -0.25) is 19.2 Å². The minimum absolute atomic E-state index is 0.101. The van der Waals surface area contributed by atoms with Crippen molar-refractivity contribution in [3.8, 4) is 0 Å². The van der Waals surface area contributed by atoms with E-state index in [2.05, 4.69) is 31.9 Å². The highest BCUT2D eigenvalue weighted by Gasteiger charge is 2.11. The second-order valence-corrected chi connectivity index (χ2v) is 7.41. The summed E-state index contributed by atoms with van der Waals surface area (Å²) in [5.74, 6) is -1.77. The lowest BCUT2D eigenvalue weighted by molar-refractivity contribution is -0.147. The largest absolute Gasteiger partial charge is 0.456 e. The predicted molar refractivity (Wildman–Crippen MR) is 117 cm³/mol. The molecule has 30 heavy (non-hydrogen) atoms. The highest BCUT2D eigenvalue weighted by molar-refractivity contribution is 9.10. The van der Waals surface area contributed by atoms with Crippen molar-refractivity contribution < 1.29 is 23.9 Å². The number of amides is 3. The van der Waals surface area contributed by atoms with Gasteiger partial charge in [0.25, 0.3) is 5.91 Å². The van der Waals surface area contributed by atoms with Crippen molar-refractivity contribution in [2.45, 2.75) is 19.8 Å². The molecule has 0 spiro atoms. The van der Waals surface area contributed by atoms with Crippen LogP contribution in [0.2, 0.25) is 5.02 Å². The SMILES string of the molecule is CC(=O)Nc1ccc(NC(=O)CCC(=O)OCC(=O)Nc2ccc(Br)c(Cl)c2)cc1. The number of ether oxygens (including phenoxy) is 1. The van der Waals surface area contributed by atoms with Gasteiger partial charge in [0.1, 0.15) is 0 Å². The highest BCUT2D eigenvalue weighted by atomic mass is 79.9. The predicted octanol–water partition coefficient (Wildman–Crippen LogP) is 3.96. The Morgan fingerprint density at radius 1 is 0.867 bits per heavy atom. The molecule has 2 rings (SSSR count). The number of anilines is 3. The Kier molecular flexibility index (Phi) is 8.82. The van der Waals surface area contributed by atoms with Gasteiger partial charge in [-0.25, -0.2) is 0 Å². The molecular weight excluding hydrogens is 478 g/mol. The maximum Gasteiger partial charge on any atom is 0.306 e. The number of carbonyl (C=O) groups is 4. The molecule has 0 unspecified atom stereocenters. The molecule has 2 aromatic rings. The molecule has 0 aliphatic carbocycles. The van der Waals surface area contributed by atoms with E-state index in [1.54, 1.807) is 42.5 Å². The Hall–Kier alpha value is -2.91. The van der Waals surface area contributed by atoms with Crippen LogP contribution in [0.3, 0.4) is 0 Å². The van der Waals surface area contributed by atoms with Gasteiger partial charge in [0.15, 0.2) is 6.61 Å². The van der Waals surface area contributed by atoms with Crippen LogP contribution in [0.25, 0.3) is 0 Å². The molecule has 3 amide bonds. The third-order valence-corrected chi connectivity index (χ3v) is 4.85. The van der Waals surface area contributed by atoms with Crippen LogP contribution in [0.15, 0.2) is 46.9 Å². The molecule has 0 heterocycles. The topological polar surface area (TPSA) is 114 Å². The van der Waals surface area contributed by atoms with Crippen LogP contribution in [-0.4, -0.2) is 30.3 Å². The molecule has 0 aromatic heterocycles. The molecular formula is C20H19BrClN3O5. The smallest absolute Gasteiger partial charge is 0.306 e. The fraction of sp³-hybridized carbons (Fsp3) is 0.200. The summed E-state index contributed by atoms with van der Waals surface area (Å²) < 4.78 is 5.56. The summed E-state index contributed by atoms with van der Waals surface area (Å²) >= 11 is 9.19. The fourth-order valence-electron chi connectivity index (χ4n) is 2.27. The van der Waals surface area contributed by atoms with Crippen molar-refractivity contribution in [1.29, 1.82) is 0 Å². The van der Waals surface area contributed by atoms with Crippen molar-refractivity contribution in [3.63, 3.8) is 0 Å². The van der Waals surface area contributed by atoms with Gasteiger partial charge in [-0.15, -0.1) is 0 Å². The molecule has 158 valence electrons. The van der Waals surface area contributed by atoms with Gasteiger partial charge >= 0.3 is 5.97 Å². The van der Waals surface area contributed by atoms with E-state index in [1.807, 2.05) is 0 Å². The van der Waals surface area contributed by atoms with Crippen LogP contribution in [0.4, 0.5) is 17.1 Å². The zero-order chi connectivity index (χ0) is 22.1. The number of benzene rings is 2. The summed E-state index contributed by atoms with van der Waals surface area (Å²) in [5.41, 5.74) is 1.59. The molecule has 0 bridgehead atoms. The molecule has 0 radical (unpaired) electrons. The van der Waals surface area contributed by atoms with E-state index in [4.69, 9.17) is 16.3 Å². The number of esters is 1. The van der Waals surface area contributed by atoms with E-state index in [1.165, 1.54) is 6.92 Å². The summed E-state index contributed by atoms with van der Waals surface area (Å²) in [7, 11) is 0. The first-order valence-electron chi connectivity index (χ1n) is 8.81. The summed E-state index contributed by atoms with van der Waals surface area (Å²) in [6.45, 7) is 0.924. The van der Waals surface area contributed by atoms with Crippen molar-refractivity contribution >= 4 is 68.3 Å². The zero-order valence-corrected chi connectivity index (χ0v) is 18.3. The summed E-state index contributed by atoms with van der Waals surface area (Å²) in [5, 5.41) is 8.23. The van der Waals surface area contributed by atoms with Crippen molar-refractivity contribution in [2.75, 3.05) is 22.6 Å². The minimum Gasteiger partial charge on any atom is -0.456 e. The van der Waals surface area contributed by atoms with E-state index in [9.17, 15) is 19.2 Å². The first-order chi connectivity index (χ1) is 14.2. The Morgan fingerprint density at radius 2 is 1.43 bits per heavy atom. The van der Waals surface area contributed by atoms with Gasteiger partial charge in [-0.05, 0) is 58.4 Å². The fourth-order valence-corrected chi connectivity index (χ4v) is 2.70. The van der Waals surface area contributed by atoms with Crippen LogP contribution in [-0.2, 0) is 23.9 Å². The standard InChI is InChI=1S/C20H19BrClN3O5/c1-12(26)23-13-2-4-14(5-3-13)24-18(27)8-9-20(29)30-11-19(28)25-15-6-7-16(21)17(22)10-15/h2-7,10H,8-9,11H2,1H3,(H,23,26)(H,24,27)(H,25,28). The van der Waals surface area contributed by atoms with Gasteiger partial charge in [0.2, 0.25) is 11.8 Å². The monoisotopic (exact) mass is 495 g/mol. The Labute approximate surface area is 186 Å². The van der Waals surface area contributed by atoms with Crippen molar-refractivity contribution in [3.05, 3.63) is 52.0 Å². The molecule has 0 saturated heterocycles. The second kappa shape index (κ2) is 11.3. The van der Waals surface area contributed by atoms with E-state index in [-0.39, 0.29) is 24.7 Å². The number of hydrogen-bond donors (Lipinski definition) is 3. The lowest BCUT2D eigenvalue weighted by atomic mass is 10.2. The number of halogens is 2. The van der Waals surface area contributed by atoms with E-state index >= 15 is 0 Å². The number of rotatable bonds is 8. The van der Waals surface area contributed by atoms with Gasteiger partial charge < -0.3 is 20.7 Å². The third-order valence-electron chi connectivity index (χ3n) is 3.61. The van der Waals surface area contributed by atoms with Gasteiger partial charge in [0.05, 0.1) is 11.4 Å². The van der Waals surface area contributed by atoms with E-state index in [0.29, 0.717) is 26.6 Å². The van der Waals surface area contributed by atoms with Gasteiger partial charge in [0, 0.05) is 34.9 Å². The normalized spacial score (nSPS) is 10.1. The highest BCUT2D eigenvalue weighted by Crippen LogP contribution is 2.25. The van der Waals surface area contributed by atoms with Gasteiger partial charge in [-0.2, -0.15) is 0 Å². The number of nitrogens with one attached hydrogen (secondary N) is 3. The second-order valence-electron chi connectivity index (χ2n) is 6.14. The Morgan fingerprint density at radius 3 is 2.03 bits per heavy atom. The van der Waals surface area contributed by atoms with Crippen molar-refractivity contribution in [2.24, 2.45) is 0 Å². The lowest BCUT2D eigenvalue weighted by Crippen LogP contribution is -2.21. The average molecular weight is 497 g/mol. The first kappa shape index (κ1) is 23.4. The van der Waals surface area contributed by atoms with E-state index < -0.39 is 18.5 Å². The molecule has 2 aromatic carbocycles. The maximum absolute atomic E-state index is 11.9. The lowest BCUT2D eigenvalue weighted by Gasteiger charge is -2.08. The molecule has 0 fully saturated rings. The van der Waals surface area contributed by atoms with Crippen LogP contribution in [0.5, 0.6) is 0 Å². The molecule has 0 saturated carbocycles. The molecule has 0 aliphatic rings. The minimum atomic E-state index is -0.671. The molecule has 3 N–H and O–H groups in total. The van der Waals surface area contributed by atoms with Gasteiger partial charge in [-0.1, -0.05) is 11.6 Å². The average Bonchev–Trinajstić information content (AvgIpc) is 2.69. The molecule has 0 atom stereocenters. The van der Waals surface area contributed by atoms with E-state index in [0.717, 1.165) is 0 Å². The van der Waals surface area contributed by atoms with Crippen molar-refractivity contribution in [1.82, 2.24) is 0 Å². The molecule has 0 aliphatic heterocycles. The van der Waals surface area contributed by atoms with Crippen LogP contribution >= 0.6 is 27.5 Å². The maximum atomic E-state index is 11.9. The zero-order valence-electron chi connectivity index (χ0n) is 16.0. The first-order valence-corrected chi connectivity index (χ1v) is 9.98. The number of hydrogen-bond acceptors (Lipinski definition) is 5.